The third-order valence-electron chi connectivity index (χ3n) is 2.35. The highest BCUT2D eigenvalue weighted by Crippen LogP contribution is 2.18. The van der Waals surface area contributed by atoms with Crippen LogP contribution in [0.1, 0.15) is 5.56 Å². The van der Waals surface area contributed by atoms with Crippen LogP contribution in [-0.2, 0) is 16.0 Å². The summed E-state index contributed by atoms with van der Waals surface area (Å²) in [5.41, 5.74) is 0.530. The molecule has 1 amide bonds. The molecule has 20 heavy (non-hydrogen) atoms. The lowest BCUT2D eigenvalue weighted by Gasteiger charge is -2.09. The van der Waals surface area contributed by atoms with Gasteiger partial charge < -0.3 is 9.84 Å². The molecule has 0 unspecified atom stereocenters. The second-order valence-corrected chi connectivity index (χ2v) is 4.75. The minimum absolute atomic E-state index is 0.149. The highest BCUT2D eigenvalue weighted by atomic mass is 32.1. The number of thiazole rings is 1. The average Bonchev–Trinajstić information content (AvgIpc) is 2.90. The lowest BCUT2D eigenvalue weighted by atomic mass is 10.1. The van der Waals surface area contributed by atoms with E-state index in [1.807, 2.05) is 0 Å². The maximum absolute atomic E-state index is 11.6. The third kappa shape index (κ3) is 4.06. The van der Waals surface area contributed by atoms with E-state index in [9.17, 15) is 9.59 Å². The molecule has 0 aliphatic carbocycles. The zero-order valence-corrected chi connectivity index (χ0v) is 11.2. The molecule has 2 N–H and O–H groups in total. The first-order valence-corrected chi connectivity index (χ1v) is 6.65. The van der Waals surface area contributed by atoms with Gasteiger partial charge in [0.25, 0.3) is 5.91 Å². The van der Waals surface area contributed by atoms with Gasteiger partial charge in [0, 0.05) is 17.1 Å². The molecule has 0 saturated carbocycles. The molecule has 1 heterocycles. The summed E-state index contributed by atoms with van der Waals surface area (Å²) in [5, 5.41) is 13.6. The van der Waals surface area contributed by atoms with Crippen molar-refractivity contribution in [2.24, 2.45) is 0 Å². The third-order valence-corrected chi connectivity index (χ3v) is 3.04. The van der Waals surface area contributed by atoms with Gasteiger partial charge in [0.2, 0.25) is 0 Å². The fraction of sp³-hybridized carbons (Fsp3) is 0.154. The zero-order chi connectivity index (χ0) is 14.4. The number of rotatable bonds is 6. The SMILES string of the molecule is O=C(O)Cc1ccccc1OCC(=O)Nc1nccs1. The minimum atomic E-state index is -0.951. The van der Waals surface area contributed by atoms with Crippen LogP contribution in [-0.4, -0.2) is 28.6 Å². The molecule has 7 heteroatoms. The fourth-order valence-electron chi connectivity index (χ4n) is 1.54. The van der Waals surface area contributed by atoms with Crippen molar-refractivity contribution in [3.8, 4) is 5.75 Å². The minimum Gasteiger partial charge on any atom is -0.483 e. The van der Waals surface area contributed by atoms with Gasteiger partial charge in [-0.15, -0.1) is 11.3 Å². The molecule has 0 radical (unpaired) electrons. The summed E-state index contributed by atoms with van der Waals surface area (Å²) in [5.74, 6) is -0.900. The Hall–Kier alpha value is -2.41. The number of para-hydroxylation sites is 1. The van der Waals surface area contributed by atoms with Gasteiger partial charge in [-0.3, -0.25) is 14.9 Å². The second kappa shape index (κ2) is 6.67. The van der Waals surface area contributed by atoms with E-state index in [-0.39, 0.29) is 18.9 Å². The van der Waals surface area contributed by atoms with Gasteiger partial charge in [0.1, 0.15) is 5.75 Å². The summed E-state index contributed by atoms with van der Waals surface area (Å²) in [6, 6.07) is 6.73. The molecule has 0 atom stereocenters. The van der Waals surface area contributed by atoms with Gasteiger partial charge >= 0.3 is 5.97 Å². The van der Waals surface area contributed by atoms with E-state index in [0.29, 0.717) is 16.4 Å². The molecule has 0 saturated heterocycles. The summed E-state index contributed by atoms with van der Waals surface area (Å²) < 4.78 is 5.35. The van der Waals surface area contributed by atoms with Crippen LogP contribution in [0.2, 0.25) is 0 Å². The van der Waals surface area contributed by atoms with Crippen molar-refractivity contribution in [2.75, 3.05) is 11.9 Å². The molecule has 1 aromatic heterocycles. The number of carbonyl (C=O) groups excluding carboxylic acids is 1. The number of amides is 1. The predicted molar refractivity (Wildman–Crippen MR) is 74.0 cm³/mol. The summed E-state index contributed by atoms with van der Waals surface area (Å²) in [7, 11) is 0. The second-order valence-electron chi connectivity index (χ2n) is 3.85. The highest BCUT2D eigenvalue weighted by Gasteiger charge is 2.10. The normalized spacial score (nSPS) is 10.0. The van der Waals surface area contributed by atoms with Crippen LogP contribution in [0.4, 0.5) is 5.13 Å². The molecule has 104 valence electrons. The van der Waals surface area contributed by atoms with Crippen molar-refractivity contribution >= 4 is 28.3 Å². The van der Waals surface area contributed by atoms with E-state index >= 15 is 0 Å². The molecular formula is C13H12N2O4S. The molecule has 0 aliphatic heterocycles. The molecule has 2 aromatic rings. The standard InChI is InChI=1S/C13H12N2O4S/c16-11(15-13-14-5-6-20-13)8-19-10-4-2-1-3-9(10)7-12(17)18/h1-6H,7-8H2,(H,17,18)(H,14,15,16). The number of aromatic nitrogens is 1. The van der Waals surface area contributed by atoms with Gasteiger partial charge in [-0.05, 0) is 6.07 Å². The Kier molecular flexibility index (Phi) is 4.67. The molecule has 2 rings (SSSR count). The van der Waals surface area contributed by atoms with E-state index in [4.69, 9.17) is 9.84 Å². The van der Waals surface area contributed by atoms with E-state index < -0.39 is 5.97 Å². The van der Waals surface area contributed by atoms with E-state index in [1.54, 1.807) is 35.8 Å². The van der Waals surface area contributed by atoms with Crippen molar-refractivity contribution in [1.29, 1.82) is 0 Å². The van der Waals surface area contributed by atoms with Crippen molar-refractivity contribution in [2.45, 2.75) is 6.42 Å². The van der Waals surface area contributed by atoms with Gasteiger partial charge in [-0.25, -0.2) is 4.98 Å². The Morgan fingerprint density at radius 2 is 2.15 bits per heavy atom. The number of aliphatic carboxylic acids is 1. The Morgan fingerprint density at radius 1 is 1.35 bits per heavy atom. The molecular weight excluding hydrogens is 280 g/mol. The van der Waals surface area contributed by atoms with E-state index in [1.165, 1.54) is 11.3 Å². The number of carboxylic acid groups (broad SMARTS) is 1. The van der Waals surface area contributed by atoms with Crippen molar-refractivity contribution in [1.82, 2.24) is 4.98 Å². The molecule has 0 aliphatic rings. The summed E-state index contributed by atoms with van der Waals surface area (Å²) >= 11 is 1.31. The first-order chi connectivity index (χ1) is 9.65. The molecule has 6 nitrogen and oxygen atoms in total. The molecule has 0 fully saturated rings. The van der Waals surface area contributed by atoms with Crippen LogP contribution in [0, 0.1) is 0 Å². The van der Waals surface area contributed by atoms with Gasteiger partial charge in [0.05, 0.1) is 6.42 Å². The maximum Gasteiger partial charge on any atom is 0.307 e. The fourth-order valence-corrected chi connectivity index (χ4v) is 2.08. The number of ether oxygens (including phenoxy) is 1. The number of carboxylic acids is 1. The largest absolute Gasteiger partial charge is 0.483 e. The van der Waals surface area contributed by atoms with Crippen LogP contribution < -0.4 is 10.1 Å². The van der Waals surface area contributed by atoms with Crippen molar-refractivity contribution in [3.63, 3.8) is 0 Å². The Labute approximate surface area is 119 Å². The van der Waals surface area contributed by atoms with Crippen LogP contribution >= 0.6 is 11.3 Å². The van der Waals surface area contributed by atoms with E-state index in [2.05, 4.69) is 10.3 Å². The topological polar surface area (TPSA) is 88.5 Å². The molecule has 0 bridgehead atoms. The van der Waals surface area contributed by atoms with Crippen LogP contribution in [0.5, 0.6) is 5.75 Å². The number of hydrogen-bond acceptors (Lipinski definition) is 5. The van der Waals surface area contributed by atoms with Crippen LogP contribution in [0.25, 0.3) is 0 Å². The quantitative estimate of drug-likeness (QED) is 0.847. The Bertz CT molecular complexity index is 598. The maximum atomic E-state index is 11.6. The smallest absolute Gasteiger partial charge is 0.307 e. The average molecular weight is 292 g/mol. The zero-order valence-electron chi connectivity index (χ0n) is 10.4. The number of anilines is 1. The first kappa shape index (κ1) is 14.0. The van der Waals surface area contributed by atoms with E-state index in [0.717, 1.165) is 0 Å². The van der Waals surface area contributed by atoms with Crippen LogP contribution in [0.3, 0.4) is 0 Å². The summed E-state index contributed by atoms with van der Waals surface area (Å²) in [6.45, 7) is -0.198. The first-order valence-electron chi connectivity index (χ1n) is 5.77. The predicted octanol–water partition coefficient (Wildman–Crippen LogP) is 1.79. The number of nitrogens with zero attached hydrogens (tertiary/aromatic N) is 1. The Morgan fingerprint density at radius 3 is 2.85 bits per heavy atom. The van der Waals surface area contributed by atoms with Crippen molar-refractivity contribution < 1.29 is 19.4 Å². The van der Waals surface area contributed by atoms with Crippen LogP contribution in [0.15, 0.2) is 35.8 Å². The lowest BCUT2D eigenvalue weighted by Crippen LogP contribution is -2.20. The summed E-state index contributed by atoms with van der Waals surface area (Å²) in [6.07, 6.45) is 1.44. The molecule has 1 aromatic carbocycles. The monoisotopic (exact) mass is 292 g/mol. The number of nitrogens with one attached hydrogen (secondary N) is 1. The number of benzene rings is 1. The lowest BCUT2D eigenvalue weighted by molar-refractivity contribution is -0.136. The number of carbonyl (C=O) groups is 2. The highest BCUT2D eigenvalue weighted by molar-refractivity contribution is 7.13. The van der Waals surface area contributed by atoms with Gasteiger partial charge in [-0.1, -0.05) is 18.2 Å². The molecule has 0 spiro atoms. The summed E-state index contributed by atoms with van der Waals surface area (Å²) in [4.78, 5) is 26.3. The number of hydrogen-bond donors (Lipinski definition) is 2. The van der Waals surface area contributed by atoms with Crippen molar-refractivity contribution in [3.05, 3.63) is 41.4 Å². The Balaban J connectivity index is 1.93. The van der Waals surface area contributed by atoms with Gasteiger partial charge in [0.15, 0.2) is 11.7 Å². The van der Waals surface area contributed by atoms with Gasteiger partial charge in [-0.2, -0.15) is 0 Å².